The first-order chi connectivity index (χ1) is 9.86. The zero-order valence-electron chi connectivity index (χ0n) is 13.4. The monoisotopic (exact) mass is 293 g/mol. The molecule has 0 aliphatic carbocycles. The van der Waals surface area contributed by atoms with E-state index >= 15 is 0 Å². The second-order valence-electron chi connectivity index (χ2n) is 6.34. The summed E-state index contributed by atoms with van der Waals surface area (Å²) in [7, 11) is 1.89. The van der Waals surface area contributed by atoms with Gasteiger partial charge in [0.25, 0.3) is 0 Å². The molecule has 1 aromatic carbocycles. The van der Waals surface area contributed by atoms with Crippen LogP contribution in [0.5, 0.6) is 0 Å². The van der Waals surface area contributed by atoms with E-state index in [-0.39, 0.29) is 23.4 Å². The van der Waals surface area contributed by atoms with Crippen molar-refractivity contribution >= 4 is 11.0 Å². The van der Waals surface area contributed by atoms with E-state index in [2.05, 4.69) is 26.1 Å². The summed E-state index contributed by atoms with van der Waals surface area (Å²) in [6, 6.07) is 6.36. The number of ether oxygens (including phenoxy) is 1. The minimum absolute atomic E-state index is 0.0436. The average Bonchev–Trinajstić information content (AvgIpc) is 2.80. The number of benzene rings is 1. The molecule has 4 heteroatoms. The van der Waals surface area contributed by atoms with Crippen molar-refractivity contribution in [3.8, 4) is 0 Å². The summed E-state index contributed by atoms with van der Waals surface area (Å²) < 4.78 is 25.1. The largest absolute Gasteiger partial charge is 0.459 e. The summed E-state index contributed by atoms with van der Waals surface area (Å²) in [5, 5.41) is 4.05. The summed E-state index contributed by atoms with van der Waals surface area (Å²) in [5.74, 6) is 0.513. The quantitative estimate of drug-likeness (QED) is 0.893. The number of furan rings is 1. The molecule has 0 aliphatic heterocycles. The lowest BCUT2D eigenvalue weighted by Crippen LogP contribution is -2.40. The van der Waals surface area contributed by atoms with Crippen LogP contribution in [0, 0.1) is 11.2 Å². The normalized spacial score (nSPS) is 15.3. The molecule has 0 amide bonds. The maximum absolute atomic E-state index is 13.3. The fourth-order valence-electron chi connectivity index (χ4n) is 2.66. The lowest BCUT2D eigenvalue weighted by molar-refractivity contribution is -0.0390. The highest BCUT2D eigenvalue weighted by molar-refractivity contribution is 5.78. The Bertz CT molecular complexity index is 600. The van der Waals surface area contributed by atoms with Gasteiger partial charge in [-0.15, -0.1) is 0 Å². The van der Waals surface area contributed by atoms with Gasteiger partial charge < -0.3 is 14.5 Å². The van der Waals surface area contributed by atoms with E-state index in [0.717, 1.165) is 11.1 Å². The fourth-order valence-corrected chi connectivity index (χ4v) is 2.66. The molecule has 0 saturated heterocycles. The third-order valence-corrected chi connectivity index (χ3v) is 3.62. The molecular formula is C17H24FNO2. The number of nitrogens with one attached hydrogen (secondary N) is 1. The van der Waals surface area contributed by atoms with Crippen molar-refractivity contribution in [3.05, 3.63) is 35.8 Å². The van der Waals surface area contributed by atoms with Gasteiger partial charge in [-0.3, -0.25) is 0 Å². The summed E-state index contributed by atoms with van der Waals surface area (Å²) in [6.07, 6.45) is -0.0436. The van der Waals surface area contributed by atoms with Gasteiger partial charge in [-0.2, -0.15) is 0 Å². The van der Waals surface area contributed by atoms with Crippen LogP contribution >= 0.6 is 0 Å². The zero-order valence-corrected chi connectivity index (χ0v) is 13.4. The first kappa shape index (κ1) is 16.0. The summed E-state index contributed by atoms with van der Waals surface area (Å²) >= 11 is 0. The van der Waals surface area contributed by atoms with Crippen LogP contribution in [0.25, 0.3) is 11.0 Å². The van der Waals surface area contributed by atoms with Gasteiger partial charge in [0.2, 0.25) is 0 Å². The van der Waals surface area contributed by atoms with E-state index in [1.165, 1.54) is 12.1 Å². The van der Waals surface area contributed by atoms with Gasteiger partial charge in [-0.05, 0) is 43.7 Å². The van der Waals surface area contributed by atoms with E-state index in [1.54, 1.807) is 6.07 Å². The SMILES string of the molecule is CCOC(C(NC)c1cc2cc(F)ccc2o1)C(C)(C)C. The minimum Gasteiger partial charge on any atom is -0.459 e. The van der Waals surface area contributed by atoms with Crippen molar-refractivity contribution in [2.24, 2.45) is 5.41 Å². The Morgan fingerprint density at radius 3 is 2.57 bits per heavy atom. The van der Waals surface area contributed by atoms with Gasteiger partial charge in [0.05, 0.1) is 12.1 Å². The molecule has 0 aliphatic rings. The zero-order chi connectivity index (χ0) is 15.6. The van der Waals surface area contributed by atoms with Gasteiger partial charge >= 0.3 is 0 Å². The second kappa shape index (κ2) is 6.16. The van der Waals surface area contributed by atoms with E-state index in [4.69, 9.17) is 9.15 Å². The van der Waals surface area contributed by atoms with Crippen molar-refractivity contribution in [1.29, 1.82) is 0 Å². The molecule has 0 spiro atoms. The number of hydrogen-bond acceptors (Lipinski definition) is 3. The van der Waals surface area contributed by atoms with Crippen LogP contribution in [0.3, 0.4) is 0 Å². The molecule has 0 bridgehead atoms. The Kier molecular flexibility index (Phi) is 4.69. The third kappa shape index (κ3) is 3.44. The Morgan fingerprint density at radius 1 is 1.29 bits per heavy atom. The molecular weight excluding hydrogens is 269 g/mol. The average molecular weight is 293 g/mol. The summed E-state index contributed by atoms with van der Waals surface area (Å²) in [5.41, 5.74) is 0.643. The number of fused-ring (bicyclic) bond motifs is 1. The Hall–Kier alpha value is -1.39. The Morgan fingerprint density at radius 2 is 2.00 bits per heavy atom. The van der Waals surface area contributed by atoms with Crippen LogP contribution in [0.4, 0.5) is 4.39 Å². The lowest BCUT2D eigenvalue weighted by atomic mass is 9.83. The van der Waals surface area contributed by atoms with Crippen molar-refractivity contribution in [3.63, 3.8) is 0 Å². The topological polar surface area (TPSA) is 34.4 Å². The standard InChI is InChI=1S/C17H24FNO2/c1-6-20-16(17(2,3)4)15(19-5)14-10-11-9-12(18)7-8-13(11)21-14/h7-10,15-16,19H,6H2,1-5H3. The molecule has 116 valence electrons. The number of rotatable bonds is 5. The maximum atomic E-state index is 13.3. The van der Waals surface area contributed by atoms with E-state index in [0.29, 0.717) is 12.2 Å². The Labute approximate surface area is 125 Å². The molecule has 1 heterocycles. The van der Waals surface area contributed by atoms with Crippen molar-refractivity contribution < 1.29 is 13.5 Å². The molecule has 3 nitrogen and oxygen atoms in total. The minimum atomic E-state index is -0.256. The number of hydrogen-bond donors (Lipinski definition) is 1. The number of likely N-dealkylation sites (N-methyl/N-ethyl adjacent to an activating group) is 1. The highest BCUT2D eigenvalue weighted by Crippen LogP contribution is 2.35. The van der Waals surface area contributed by atoms with Gasteiger partial charge in [-0.1, -0.05) is 20.8 Å². The van der Waals surface area contributed by atoms with Gasteiger partial charge in [0.1, 0.15) is 17.2 Å². The van der Waals surface area contributed by atoms with E-state index in [9.17, 15) is 4.39 Å². The van der Waals surface area contributed by atoms with Crippen LogP contribution in [0.2, 0.25) is 0 Å². The van der Waals surface area contributed by atoms with Crippen molar-refractivity contribution in [2.45, 2.75) is 39.8 Å². The molecule has 2 aromatic rings. The predicted molar refractivity (Wildman–Crippen MR) is 82.8 cm³/mol. The van der Waals surface area contributed by atoms with Crippen LogP contribution in [-0.4, -0.2) is 19.8 Å². The van der Waals surface area contributed by atoms with Gasteiger partial charge in [0.15, 0.2) is 0 Å². The Balaban J connectivity index is 2.41. The first-order valence-corrected chi connectivity index (χ1v) is 7.34. The van der Waals surface area contributed by atoms with Crippen LogP contribution in [0.15, 0.2) is 28.7 Å². The van der Waals surface area contributed by atoms with Gasteiger partial charge in [-0.25, -0.2) is 4.39 Å². The number of halogens is 1. The second-order valence-corrected chi connectivity index (χ2v) is 6.34. The van der Waals surface area contributed by atoms with Crippen LogP contribution < -0.4 is 5.32 Å². The van der Waals surface area contributed by atoms with Crippen molar-refractivity contribution in [2.75, 3.05) is 13.7 Å². The summed E-state index contributed by atoms with van der Waals surface area (Å²) in [4.78, 5) is 0. The smallest absolute Gasteiger partial charge is 0.134 e. The molecule has 0 radical (unpaired) electrons. The predicted octanol–water partition coefficient (Wildman–Crippen LogP) is 4.28. The molecule has 1 aromatic heterocycles. The van der Waals surface area contributed by atoms with Gasteiger partial charge in [0, 0.05) is 12.0 Å². The van der Waals surface area contributed by atoms with Crippen LogP contribution in [0.1, 0.15) is 39.5 Å². The lowest BCUT2D eigenvalue weighted by Gasteiger charge is -2.35. The fraction of sp³-hybridized carbons (Fsp3) is 0.529. The van der Waals surface area contributed by atoms with Crippen LogP contribution in [-0.2, 0) is 4.74 Å². The highest BCUT2D eigenvalue weighted by atomic mass is 19.1. The van der Waals surface area contributed by atoms with E-state index < -0.39 is 0 Å². The molecule has 2 rings (SSSR count). The third-order valence-electron chi connectivity index (χ3n) is 3.62. The molecule has 2 atom stereocenters. The molecule has 0 saturated carbocycles. The molecule has 1 N–H and O–H groups in total. The molecule has 0 fully saturated rings. The van der Waals surface area contributed by atoms with E-state index in [1.807, 2.05) is 20.0 Å². The molecule has 21 heavy (non-hydrogen) atoms. The highest BCUT2D eigenvalue weighted by Gasteiger charge is 2.35. The summed E-state index contributed by atoms with van der Waals surface area (Å²) in [6.45, 7) is 9.04. The molecule has 2 unspecified atom stereocenters. The maximum Gasteiger partial charge on any atom is 0.134 e. The van der Waals surface area contributed by atoms with Crippen molar-refractivity contribution in [1.82, 2.24) is 5.32 Å². The first-order valence-electron chi connectivity index (χ1n) is 7.34.